The van der Waals surface area contributed by atoms with Crippen LogP contribution in [0.4, 0.5) is 11.4 Å². The van der Waals surface area contributed by atoms with Crippen molar-refractivity contribution in [3.63, 3.8) is 0 Å². The van der Waals surface area contributed by atoms with Crippen molar-refractivity contribution in [2.24, 2.45) is 0 Å². The van der Waals surface area contributed by atoms with Crippen LogP contribution >= 0.6 is 0 Å². The SMILES string of the molecule is CCCCc1cc(CCCCCCCCCCCCCCCCCc2ccc(Cc3ccc(N)cc3)c(CCCC)c2)ccc1Cc1ccc(N)cc1. The van der Waals surface area contributed by atoms with E-state index in [4.69, 9.17) is 11.5 Å². The van der Waals surface area contributed by atoms with E-state index in [0.29, 0.717) is 0 Å². The summed E-state index contributed by atoms with van der Waals surface area (Å²) >= 11 is 0. The summed E-state index contributed by atoms with van der Waals surface area (Å²) in [5.41, 5.74) is 25.3. The number of nitrogens with two attached hydrogens (primary N) is 2. The second-order valence-electron chi connectivity index (χ2n) is 16.1. The molecule has 0 bridgehead atoms. The molecular formula is C51H74N2. The highest BCUT2D eigenvalue weighted by Gasteiger charge is 2.08. The Morgan fingerprint density at radius 3 is 0.925 bits per heavy atom. The number of anilines is 2. The van der Waals surface area contributed by atoms with Gasteiger partial charge in [0.15, 0.2) is 0 Å². The number of hydrogen-bond acceptors (Lipinski definition) is 2. The highest BCUT2D eigenvalue weighted by Crippen LogP contribution is 2.23. The molecule has 4 N–H and O–H groups in total. The van der Waals surface area contributed by atoms with Gasteiger partial charge in [0.25, 0.3) is 0 Å². The van der Waals surface area contributed by atoms with Crippen LogP contribution in [-0.2, 0) is 38.5 Å². The Labute approximate surface area is 325 Å². The molecule has 0 aliphatic rings. The third-order valence-corrected chi connectivity index (χ3v) is 11.3. The standard InChI is InChI=1S/C51H74N2/c1-3-5-24-46-38-42(26-32-48(46)40-44-28-34-50(52)35-29-44)22-20-18-16-14-12-10-8-7-9-11-13-15-17-19-21-23-43-27-33-49(47(39-43)25-6-4-2)41-45-30-36-51(53)37-31-45/h26-39H,3-25,40-41,52-53H2,1-2H3. The van der Waals surface area contributed by atoms with Crippen molar-refractivity contribution in [3.8, 4) is 0 Å². The van der Waals surface area contributed by atoms with Crippen molar-refractivity contribution in [1.82, 2.24) is 0 Å². The summed E-state index contributed by atoms with van der Waals surface area (Å²) in [5.74, 6) is 0. The summed E-state index contributed by atoms with van der Waals surface area (Å²) in [7, 11) is 0. The lowest BCUT2D eigenvalue weighted by molar-refractivity contribution is 0.530. The maximum absolute atomic E-state index is 5.90. The third-order valence-electron chi connectivity index (χ3n) is 11.3. The van der Waals surface area contributed by atoms with Gasteiger partial charge in [-0.25, -0.2) is 0 Å². The van der Waals surface area contributed by atoms with Gasteiger partial charge in [-0.05, 0) is 133 Å². The lowest BCUT2D eigenvalue weighted by Gasteiger charge is -2.13. The molecule has 0 heterocycles. The number of rotatable bonds is 28. The van der Waals surface area contributed by atoms with Gasteiger partial charge in [-0.3, -0.25) is 0 Å². The Morgan fingerprint density at radius 1 is 0.302 bits per heavy atom. The van der Waals surface area contributed by atoms with E-state index in [0.717, 1.165) is 24.2 Å². The van der Waals surface area contributed by atoms with Gasteiger partial charge >= 0.3 is 0 Å². The van der Waals surface area contributed by atoms with Gasteiger partial charge in [0.2, 0.25) is 0 Å². The van der Waals surface area contributed by atoms with E-state index in [-0.39, 0.29) is 0 Å². The van der Waals surface area contributed by atoms with Crippen LogP contribution in [0.2, 0.25) is 0 Å². The van der Waals surface area contributed by atoms with Crippen molar-refractivity contribution in [2.75, 3.05) is 11.5 Å². The zero-order chi connectivity index (χ0) is 37.4. The fourth-order valence-corrected chi connectivity index (χ4v) is 7.88. The summed E-state index contributed by atoms with van der Waals surface area (Å²) in [6.45, 7) is 4.59. The van der Waals surface area contributed by atoms with Gasteiger partial charge in [0.1, 0.15) is 0 Å². The second-order valence-corrected chi connectivity index (χ2v) is 16.1. The van der Waals surface area contributed by atoms with Crippen LogP contribution in [0.5, 0.6) is 0 Å². The minimum absolute atomic E-state index is 0.843. The molecule has 0 saturated carbocycles. The highest BCUT2D eigenvalue weighted by molar-refractivity contribution is 5.43. The molecule has 0 fully saturated rings. The van der Waals surface area contributed by atoms with Crippen LogP contribution in [0.3, 0.4) is 0 Å². The van der Waals surface area contributed by atoms with Crippen LogP contribution in [0.25, 0.3) is 0 Å². The molecule has 288 valence electrons. The molecule has 2 heteroatoms. The molecule has 4 aromatic carbocycles. The van der Waals surface area contributed by atoms with Crippen LogP contribution in [0, 0.1) is 0 Å². The number of unbranched alkanes of at least 4 members (excludes halogenated alkanes) is 16. The van der Waals surface area contributed by atoms with Gasteiger partial charge in [0, 0.05) is 11.4 Å². The summed E-state index contributed by atoms with van der Waals surface area (Å²) in [5, 5.41) is 0. The first kappa shape index (κ1) is 42.2. The highest BCUT2D eigenvalue weighted by atomic mass is 14.5. The Bertz CT molecular complexity index is 1420. The van der Waals surface area contributed by atoms with E-state index in [1.165, 1.54) is 181 Å². The largest absolute Gasteiger partial charge is 0.399 e. The third kappa shape index (κ3) is 17.0. The second kappa shape index (κ2) is 25.5. The van der Waals surface area contributed by atoms with E-state index in [1.54, 1.807) is 11.1 Å². The zero-order valence-corrected chi connectivity index (χ0v) is 33.9. The van der Waals surface area contributed by atoms with Crippen molar-refractivity contribution in [1.29, 1.82) is 0 Å². The van der Waals surface area contributed by atoms with Crippen molar-refractivity contribution in [2.45, 2.75) is 174 Å². The predicted molar refractivity (Wildman–Crippen MR) is 234 cm³/mol. The smallest absolute Gasteiger partial charge is 0.0314 e. The minimum Gasteiger partial charge on any atom is -0.399 e. The number of hydrogen-bond donors (Lipinski definition) is 2. The van der Waals surface area contributed by atoms with E-state index >= 15 is 0 Å². The molecule has 4 rings (SSSR count). The molecule has 0 radical (unpaired) electrons. The maximum Gasteiger partial charge on any atom is 0.0314 e. The molecule has 0 unspecified atom stereocenters. The quantitative estimate of drug-likeness (QED) is 0.0454. The predicted octanol–water partition coefficient (Wildman–Crippen LogP) is 14.4. The van der Waals surface area contributed by atoms with Gasteiger partial charge < -0.3 is 11.5 Å². The lowest BCUT2D eigenvalue weighted by Crippen LogP contribution is -1.99. The Morgan fingerprint density at radius 2 is 0.604 bits per heavy atom. The Kier molecular flexibility index (Phi) is 20.3. The molecular weight excluding hydrogens is 641 g/mol. The summed E-state index contributed by atoms with van der Waals surface area (Å²) in [4.78, 5) is 0. The van der Waals surface area contributed by atoms with Crippen LogP contribution in [0.15, 0.2) is 84.9 Å². The first-order valence-corrected chi connectivity index (χ1v) is 21.9. The van der Waals surface area contributed by atoms with Crippen molar-refractivity contribution < 1.29 is 0 Å². The Balaban J connectivity index is 0.976. The molecule has 0 saturated heterocycles. The van der Waals surface area contributed by atoms with Crippen LogP contribution in [0.1, 0.15) is 180 Å². The monoisotopic (exact) mass is 715 g/mol. The van der Waals surface area contributed by atoms with E-state index < -0.39 is 0 Å². The zero-order valence-electron chi connectivity index (χ0n) is 33.9. The number of benzene rings is 4. The van der Waals surface area contributed by atoms with Crippen LogP contribution < -0.4 is 11.5 Å². The molecule has 53 heavy (non-hydrogen) atoms. The fourth-order valence-electron chi connectivity index (χ4n) is 7.88. The normalized spacial score (nSPS) is 11.4. The molecule has 0 atom stereocenters. The Hall–Kier alpha value is -3.52. The molecule has 4 aromatic rings. The minimum atomic E-state index is 0.843. The first-order chi connectivity index (χ1) is 26.0. The average Bonchev–Trinajstić information content (AvgIpc) is 3.17. The fraction of sp³-hybridized carbons (Fsp3) is 0.529. The summed E-state index contributed by atoms with van der Waals surface area (Å²) < 4.78 is 0. The lowest BCUT2D eigenvalue weighted by atomic mass is 9.93. The van der Waals surface area contributed by atoms with Gasteiger partial charge in [-0.2, -0.15) is 0 Å². The first-order valence-electron chi connectivity index (χ1n) is 21.9. The molecule has 0 aliphatic heterocycles. The summed E-state index contributed by atoms with van der Waals surface area (Å²) in [6, 6.07) is 31.4. The molecule has 0 aliphatic carbocycles. The van der Waals surface area contributed by atoms with Crippen molar-refractivity contribution in [3.05, 3.63) is 129 Å². The van der Waals surface area contributed by atoms with E-state index in [9.17, 15) is 0 Å². The molecule has 0 spiro atoms. The number of nitrogen functional groups attached to an aromatic ring is 2. The van der Waals surface area contributed by atoms with Gasteiger partial charge in [-0.15, -0.1) is 0 Å². The summed E-state index contributed by atoms with van der Waals surface area (Å²) in [6.07, 6.45) is 32.9. The van der Waals surface area contributed by atoms with Gasteiger partial charge in [-0.1, -0.05) is 171 Å². The topological polar surface area (TPSA) is 52.0 Å². The molecule has 0 amide bonds. The number of aryl methyl sites for hydroxylation is 4. The average molecular weight is 715 g/mol. The van der Waals surface area contributed by atoms with Crippen molar-refractivity contribution >= 4 is 11.4 Å². The maximum atomic E-state index is 5.90. The molecule has 2 nitrogen and oxygen atoms in total. The van der Waals surface area contributed by atoms with Crippen LogP contribution in [-0.4, -0.2) is 0 Å². The van der Waals surface area contributed by atoms with E-state index in [2.05, 4.69) is 74.5 Å². The van der Waals surface area contributed by atoms with E-state index in [1.807, 2.05) is 24.3 Å². The molecule has 0 aromatic heterocycles. The van der Waals surface area contributed by atoms with Gasteiger partial charge in [0.05, 0.1) is 0 Å².